The minimum Gasteiger partial charge on any atom is -0.344 e. The lowest BCUT2D eigenvalue weighted by Crippen LogP contribution is -2.43. The van der Waals surface area contributed by atoms with Crippen LogP contribution in [0.5, 0.6) is 0 Å². The van der Waals surface area contributed by atoms with E-state index in [1.54, 1.807) is 0 Å². The first-order valence-electron chi connectivity index (χ1n) is 18.5. The number of carbonyl (C=O) groups is 2. The number of rotatable bonds is 34. The van der Waals surface area contributed by atoms with Crippen LogP contribution in [0.2, 0.25) is 0 Å². The maximum Gasteiger partial charge on any atom is 0.469 e. The summed E-state index contributed by atoms with van der Waals surface area (Å²) in [6.45, 7) is 3.99. The lowest BCUT2D eigenvalue weighted by Gasteiger charge is -2.18. The minimum absolute atomic E-state index is 0.227. The van der Waals surface area contributed by atoms with E-state index in [1.807, 2.05) is 0 Å². The number of hydrogen-bond donors (Lipinski definition) is 3. The van der Waals surface area contributed by atoms with Crippen LogP contribution in [0.1, 0.15) is 194 Å². The van der Waals surface area contributed by atoms with Crippen molar-refractivity contribution in [3.63, 3.8) is 0 Å². The van der Waals surface area contributed by atoms with E-state index in [2.05, 4.69) is 35.8 Å². The van der Waals surface area contributed by atoms with Crippen LogP contribution < -0.4 is 5.32 Å². The van der Waals surface area contributed by atoms with Gasteiger partial charge in [-0.25, -0.2) is 4.57 Å². The zero-order valence-corrected chi connectivity index (χ0v) is 29.6. The second-order valence-corrected chi connectivity index (χ2v) is 13.9. The number of allylic oxidation sites excluding steroid dienone is 2. The number of phosphoric acid groups is 1. The highest BCUT2D eigenvalue weighted by molar-refractivity contribution is 7.46. The van der Waals surface area contributed by atoms with E-state index in [0.717, 1.165) is 51.4 Å². The van der Waals surface area contributed by atoms with Crippen LogP contribution in [0, 0.1) is 0 Å². The van der Waals surface area contributed by atoms with Crippen molar-refractivity contribution >= 4 is 19.5 Å². The maximum atomic E-state index is 12.8. The van der Waals surface area contributed by atoms with Gasteiger partial charge in [-0.15, -0.1) is 0 Å². The van der Waals surface area contributed by atoms with E-state index in [9.17, 15) is 14.2 Å². The molecule has 0 aliphatic heterocycles. The number of nitrogens with one attached hydrogen (secondary N) is 1. The molecule has 0 aromatic rings. The molecule has 8 heteroatoms. The molecule has 0 saturated heterocycles. The molecule has 1 unspecified atom stereocenters. The Labute approximate surface area is 271 Å². The predicted octanol–water partition coefficient (Wildman–Crippen LogP) is 10.7. The van der Waals surface area contributed by atoms with E-state index < -0.39 is 20.5 Å². The molecule has 0 aliphatic carbocycles. The van der Waals surface area contributed by atoms with Crippen LogP contribution in [0.15, 0.2) is 12.2 Å². The summed E-state index contributed by atoms with van der Waals surface area (Å²) in [5.41, 5.74) is 0. The summed E-state index contributed by atoms with van der Waals surface area (Å²) < 4.78 is 15.8. The van der Waals surface area contributed by atoms with Gasteiger partial charge in [-0.2, -0.15) is 0 Å². The first-order chi connectivity index (χ1) is 21.3. The molecule has 7 nitrogen and oxygen atoms in total. The third-order valence-corrected chi connectivity index (χ3v) is 8.81. The van der Waals surface area contributed by atoms with Crippen molar-refractivity contribution < 1.29 is 28.5 Å². The van der Waals surface area contributed by atoms with E-state index >= 15 is 0 Å². The minimum atomic E-state index is -4.73. The molecule has 44 heavy (non-hydrogen) atoms. The van der Waals surface area contributed by atoms with Gasteiger partial charge in [0.25, 0.3) is 0 Å². The molecule has 0 aromatic carbocycles. The van der Waals surface area contributed by atoms with Gasteiger partial charge in [-0.1, -0.05) is 154 Å². The molecule has 260 valence electrons. The quantitative estimate of drug-likeness (QED) is 0.0365. The fraction of sp³-hybridized carbons (Fsp3) is 0.889. The Hall–Kier alpha value is -1.01. The van der Waals surface area contributed by atoms with Crippen LogP contribution in [0.3, 0.4) is 0 Å². The first kappa shape index (κ1) is 43.0. The second kappa shape index (κ2) is 32.0. The van der Waals surface area contributed by atoms with E-state index in [-0.39, 0.29) is 18.1 Å². The highest BCUT2D eigenvalue weighted by atomic mass is 31.2. The summed E-state index contributed by atoms with van der Waals surface area (Å²) in [4.78, 5) is 43.4. The van der Waals surface area contributed by atoms with Crippen molar-refractivity contribution in [2.75, 3.05) is 6.61 Å². The third-order valence-electron chi connectivity index (χ3n) is 8.33. The lowest BCUT2D eigenvalue weighted by atomic mass is 10.0. The van der Waals surface area contributed by atoms with Gasteiger partial charge < -0.3 is 15.1 Å². The molecular formula is C36H70NO6P. The number of ketones is 1. The first-order valence-corrected chi connectivity index (χ1v) is 20.0. The van der Waals surface area contributed by atoms with Crippen molar-refractivity contribution in [3.05, 3.63) is 12.2 Å². The van der Waals surface area contributed by atoms with Gasteiger partial charge in [0, 0.05) is 12.8 Å². The maximum absolute atomic E-state index is 12.8. The van der Waals surface area contributed by atoms with Crippen LogP contribution in [-0.4, -0.2) is 34.1 Å². The molecule has 0 heterocycles. The number of hydrogen-bond acceptors (Lipinski definition) is 4. The van der Waals surface area contributed by atoms with Gasteiger partial charge in [-0.3, -0.25) is 14.1 Å². The predicted molar refractivity (Wildman–Crippen MR) is 185 cm³/mol. The van der Waals surface area contributed by atoms with Crippen LogP contribution >= 0.6 is 7.82 Å². The molecule has 0 aliphatic rings. The summed E-state index contributed by atoms with van der Waals surface area (Å²) in [5.74, 6) is -0.486. The average Bonchev–Trinajstić information content (AvgIpc) is 2.99. The molecule has 0 rings (SSSR count). The normalized spacial score (nSPS) is 12.6. The molecule has 0 radical (unpaired) electrons. The lowest BCUT2D eigenvalue weighted by molar-refractivity contribution is -0.128. The summed E-state index contributed by atoms with van der Waals surface area (Å²) in [6.07, 6.45) is 36.3. The summed E-state index contributed by atoms with van der Waals surface area (Å²) >= 11 is 0. The Morgan fingerprint density at radius 2 is 0.955 bits per heavy atom. The van der Waals surface area contributed by atoms with Gasteiger partial charge in [0.15, 0.2) is 5.78 Å². The Bertz CT molecular complexity index is 738. The average molecular weight is 644 g/mol. The highest BCUT2D eigenvalue weighted by Gasteiger charge is 2.24. The van der Waals surface area contributed by atoms with E-state index in [0.29, 0.717) is 12.8 Å². The monoisotopic (exact) mass is 643 g/mol. The molecule has 1 atom stereocenters. The number of unbranched alkanes of at least 4 members (excludes halogenated alkanes) is 23. The van der Waals surface area contributed by atoms with Gasteiger partial charge in [-0.05, 0) is 38.5 Å². The molecule has 0 fully saturated rings. The Morgan fingerprint density at radius 1 is 0.591 bits per heavy atom. The van der Waals surface area contributed by atoms with E-state index in [1.165, 1.54) is 109 Å². The molecule has 0 aromatic heterocycles. The third kappa shape index (κ3) is 32.4. The Balaban J connectivity index is 4.00. The highest BCUT2D eigenvalue weighted by Crippen LogP contribution is 2.35. The standard InChI is InChI=1S/C36H70NO6P/c1-3-5-7-9-11-13-15-17-18-20-21-23-25-27-29-31-35(38)34(33-43-44(40,41)42)37-36(39)32-30-28-26-24-22-19-16-14-12-10-8-6-4-2/h17-18,34H,3-16,19-33H2,1-2H3,(H,37,39)(H2,40,41,42)/b18-17-. The topological polar surface area (TPSA) is 113 Å². The molecule has 1 amide bonds. The van der Waals surface area contributed by atoms with Crippen LogP contribution in [-0.2, 0) is 18.7 Å². The molecule has 0 saturated carbocycles. The van der Waals surface area contributed by atoms with Gasteiger partial charge in [0.2, 0.25) is 5.91 Å². The molecular weight excluding hydrogens is 573 g/mol. The van der Waals surface area contributed by atoms with Gasteiger partial charge in [0.05, 0.1) is 6.61 Å². The molecule has 0 bridgehead atoms. The van der Waals surface area contributed by atoms with Crippen molar-refractivity contribution in [1.29, 1.82) is 0 Å². The second-order valence-electron chi connectivity index (χ2n) is 12.7. The van der Waals surface area contributed by atoms with Crippen molar-refractivity contribution in [3.8, 4) is 0 Å². The van der Waals surface area contributed by atoms with Gasteiger partial charge >= 0.3 is 7.82 Å². The van der Waals surface area contributed by atoms with Crippen LogP contribution in [0.4, 0.5) is 0 Å². The number of carbonyl (C=O) groups excluding carboxylic acids is 2. The fourth-order valence-corrected chi connectivity index (χ4v) is 5.84. The largest absolute Gasteiger partial charge is 0.469 e. The Kier molecular flexibility index (Phi) is 31.2. The number of amides is 1. The SMILES string of the molecule is CCCCCCCC/C=C\CCCCCCCC(=O)C(COP(=O)(O)O)NC(=O)CCCCCCCCCCCCCCC. The van der Waals surface area contributed by atoms with E-state index in [4.69, 9.17) is 9.79 Å². The van der Waals surface area contributed by atoms with Gasteiger partial charge in [0.1, 0.15) is 6.04 Å². The van der Waals surface area contributed by atoms with Crippen molar-refractivity contribution in [1.82, 2.24) is 5.32 Å². The smallest absolute Gasteiger partial charge is 0.344 e. The zero-order valence-electron chi connectivity index (χ0n) is 28.7. The summed E-state index contributed by atoms with van der Waals surface area (Å²) in [6, 6.07) is -1.02. The summed E-state index contributed by atoms with van der Waals surface area (Å²) in [7, 11) is -4.73. The van der Waals surface area contributed by atoms with Crippen molar-refractivity contribution in [2.24, 2.45) is 0 Å². The summed E-state index contributed by atoms with van der Waals surface area (Å²) in [5, 5.41) is 2.67. The Morgan fingerprint density at radius 3 is 1.36 bits per heavy atom. The molecule has 0 spiro atoms. The molecule has 3 N–H and O–H groups in total. The number of Topliss-reactive ketones (excluding diaryl/α,β-unsaturated/α-hetero) is 1. The zero-order chi connectivity index (χ0) is 32.6. The number of phosphoric ester groups is 1. The van der Waals surface area contributed by atoms with Crippen LogP contribution in [0.25, 0.3) is 0 Å². The van der Waals surface area contributed by atoms with Crippen molar-refractivity contribution in [2.45, 2.75) is 200 Å². The fourth-order valence-electron chi connectivity index (χ4n) is 5.50.